The molecule has 0 saturated heterocycles. The van der Waals surface area contributed by atoms with Crippen LogP contribution in [-0.4, -0.2) is 27.8 Å². The molecule has 0 aliphatic rings. The first-order chi connectivity index (χ1) is 10.5. The number of amides is 2. The number of nitrogens with one attached hydrogen (secondary N) is 2. The number of urea groups is 1. The van der Waals surface area contributed by atoms with Crippen LogP contribution in [0.1, 0.15) is 23.4 Å². The molecule has 0 aliphatic heterocycles. The standard InChI is InChI=1S/C13H14ClFN4O3/c1-7-18-12(19-22-7)6-17-13(21)16-5-11(20)8-2-3-9(14)10(15)4-8/h2-4,11,20H,5-6H2,1H3,(H2,16,17,21)/t11-/m1/s1. The molecule has 1 aromatic carbocycles. The molecule has 0 unspecified atom stereocenters. The largest absolute Gasteiger partial charge is 0.387 e. The average Bonchev–Trinajstić information content (AvgIpc) is 2.91. The van der Waals surface area contributed by atoms with Gasteiger partial charge in [-0.15, -0.1) is 0 Å². The smallest absolute Gasteiger partial charge is 0.315 e. The quantitative estimate of drug-likeness (QED) is 0.775. The van der Waals surface area contributed by atoms with E-state index in [0.717, 1.165) is 6.07 Å². The van der Waals surface area contributed by atoms with Gasteiger partial charge in [0.1, 0.15) is 5.82 Å². The highest BCUT2D eigenvalue weighted by atomic mass is 35.5. The third-order valence-corrected chi connectivity index (χ3v) is 3.07. The Balaban J connectivity index is 1.78. The van der Waals surface area contributed by atoms with Crippen molar-refractivity contribution in [1.29, 1.82) is 0 Å². The number of aryl methyl sites for hydroxylation is 1. The molecule has 3 N–H and O–H groups in total. The van der Waals surface area contributed by atoms with E-state index in [1.165, 1.54) is 12.1 Å². The minimum atomic E-state index is -1.05. The highest BCUT2D eigenvalue weighted by molar-refractivity contribution is 6.30. The number of nitrogens with zero attached hydrogens (tertiary/aromatic N) is 2. The minimum Gasteiger partial charge on any atom is -0.387 e. The van der Waals surface area contributed by atoms with Crippen molar-refractivity contribution >= 4 is 17.6 Å². The lowest BCUT2D eigenvalue weighted by Crippen LogP contribution is -2.37. The van der Waals surface area contributed by atoms with E-state index in [1.54, 1.807) is 6.92 Å². The minimum absolute atomic E-state index is 0.0305. The van der Waals surface area contributed by atoms with E-state index in [1.807, 2.05) is 0 Å². The van der Waals surface area contributed by atoms with Gasteiger partial charge >= 0.3 is 6.03 Å². The van der Waals surface area contributed by atoms with Crippen LogP contribution in [0.25, 0.3) is 0 Å². The molecule has 7 nitrogen and oxygen atoms in total. The van der Waals surface area contributed by atoms with Crippen molar-refractivity contribution in [2.75, 3.05) is 6.54 Å². The topological polar surface area (TPSA) is 100 Å². The summed E-state index contributed by atoms with van der Waals surface area (Å²) in [6.45, 7) is 1.64. The fourth-order valence-electron chi connectivity index (χ4n) is 1.66. The Hall–Kier alpha value is -2.19. The van der Waals surface area contributed by atoms with Gasteiger partial charge in [-0.1, -0.05) is 22.8 Å². The molecule has 9 heteroatoms. The van der Waals surface area contributed by atoms with Crippen LogP contribution in [0.5, 0.6) is 0 Å². The zero-order chi connectivity index (χ0) is 16.1. The summed E-state index contributed by atoms with van der Waals surface area (Å²) in [6.07, 6.45) is -1.05. The number of aliphatic hydroxyl groups excluding tert-OH is 1. The predicted octanol–water partition coefficient (Wildman–Crippen LogP) is 1.70. The van der Waals surface area contributed by atoms with Gasteiger partial charge in [-0.3, -0.25) is 0 Å². The maximum Gasteiger partial charge on any atom is 0.315 e. The average molecular weight is 329 g/mol. The summed E-state index contributed by atoms with van der Waals surface area (Å²) in [5.74, 6) is 0.112. The first kappa shape index (κ1) is 16.2. The van der Waals surface area contributed by atoms with E-state index in [9.17, 15) is 14.3 Å². The van der Waals surface area contributed by atoms with Crippen molar-refractivity contribution in [2.24, 2.45) is 0 Å². The van der Waals surface area contributed by atoms with E-state index < -0.39 is 18.0 Å². The van der Waals surface area contributed by atoms with E-state index in [4.69, 9.17) is 16.1 Å². The van der Waals surface area contributed by atoms with Gasteiger partial charge in [-0.25, -0.2) is 9.18 Å². The van der Waals surface area contributed by atoms with Gasteiger partial charge in [-0.05, 0) is 17.7 Å². The number of carbonyl (C=O) groups excluding carboxylic acids is 1. The fraction of sp³-hybridized carbons (Fsp3) is 0.308. The SMILES string of the molecule is Cc1nc(CNC(=O)NC[C@@H](O)c2ccc(Cl)c(F)c2)no1. The Labute approximate surface area is 130 Å². The Morgan fingerprint density at radius 3 is 2.91 bits per heavy atom. The highest BCUT2D eigenvalue weighted by Gasteiger charge is 2.12. The molecule has 0 fully saturated rings. The van der Waals surface area contributed by atoms with Crippen molar-refractivity contribution in [1.82, 2.24) is 20.8 Å². The Morgan fingerprint density at radius 2 is 2.27 bits per heavy atom. The number of aliphatic hydroxyl groups is 1. The molecule has 2 rings (SSSR count). The van der Waals surface area contributed by atoms with Crippen molar-refractivity contribution in [3.8, 4) is 0 Å². The lowest BCUT2D eigenvalue weighted by molar-refractivity contribution is 0.172. The zero-order valence-electron chi connectivity index (χ0n) is 11.6. The van der Waals surface area contributed by atoms with Crippen LogP contribution in [0.3, 0.4) is 0 Å². The third-order valence-electron chi connectivity index (χ3n) is 2.76. The highest BCUT2D eigenvalue weighted by Crippen LogP contribution is 2.19. The lowest BCUT2D eigenvalue weighted by Gasteiger charge is -2.13. The third kappa shape index (κ3) is 4.40. The van der Waals surface area contributed by atoms with Gasteiger partial charge in [0.15, 0.2) is 5.82 Å². The van der Waals surface area contributed by atoms with Crippen LogP contribution in [0.4, 0.5) is 9.18 Å². The van der Waals surface area contributed by atoms with Crippen LogP contribution >= 0.6 is 11.6 Å². The second-order valence-corrected chi connectivity index (χ2v) is 4.89. The molecule has 1 atom stereocenters. The maximum absolute atomic E-state index is 13.3. The second-order valence-electron chi connectivity index (χ2n) is 4.48. The molecule has 0 bridgehead atoms. The van der Waals surface area contributed by atoms with E-state index >= 15 is 0 Å². The van der Waals surface area contributed by atoms with Crippen LogP contribution in [0, 0.1) is 12.7 Å². The van der Waals surface area contributed by atoms with Crippen LogP contribution in [0.2, 0.25) is 5.02 Å². The summed E-state index contributed by atoms with van der Waals surface area (Å²) in [5, 5.41) is 18.4. The van der Waals surface area contributed by atoms with Crippen molar-refractivity contribution in [3.05, 3.63) is 46.3 Å². The Morgan fingerprint density at radius 1 is 1.50 bits per heavy atom. The zero-order valence-corrected chi connectivity index (χ0v) is 12.4. The molecule has 2 amide bonds. The molecule has 118 valence electrons. The number of carbonyl (C=O) groups is 1. The first-order valence-electron chi connectivity index (χ1n) is 6.39. The van der Waals surface area contributed by atoms with Gasteiger partial charge in [0.2, 0.25) is 5.89 Å². The first-order valence-corrected chi connectivity index (χ1v) is 6.77. The van der Waals surface area contributed by atoms with Crippen LogP contribution < -0.4 is 10.6 Å². The molecule has 0 aliphatic carbocycles. The number of halogens is 2. The summed E-state index contributed by atoms with van der Waals surface area (Å²) in [6, 6.07) is 3.43. The van der Waals surface area contributed by atoms with E-state index in [-0.39, 0.29) is 18.1 Å². The molecule has 0 radical (unpaired) electrons. The number of hydrogen-bond donors (Lipinski definition) is 3. The van der Waals surface area contributed by atoms with Gasteiger partial charge in [0.25, 0.3) is 0 Å². The molecular formula is C13H14ClFN4O3. The summed E-state index contributed by atoms with van der Waals surface area (Å²) in [4.78, 5) is 15.5. The fourth-order valence-corrected chi connectivity index (χ4v) is 1.78. The normalized spacial score (nSPS) is 12.0. The summed E-state index contributed by atoms with van der Waals surface area (Å²) in [5.41, 5.74) is 0.316. The van der Waals surface area contributed by atoms with Gasteiger partial charge in [-0.2, -0.15) is 4.98 Å². The monoisotopic (exact) mass is 328 g/mol. The number of aromatic nitrogens is 2. The summed E-state index contributed by atoms with van der Waals surface area (Å²) >= 11 is 5.56. The van der Waals surface area contributed by atoms with Crippen LogP contribution in [-0.2, 0) is 6.54 Å². The molecule has 0 saturated carbocycles. The Kier molecular flexibility index (Phi) is 5.29. The van der Waals surface area contributed by atoms with Crippen molar-refractivity contribution in [3.63, 3.8) is 0 Å². The second kappa shape index (κ2) is 7.19. The number of rotatable bonds is 5. The number of benzene rings is 1. The van der Waals surface area contributed by atoms with Gasteiger partial charge in [0.05, 0.1) is 17.7 Å². The summed E-state index contributed by atoms with van der Waals surface area (Å²) < 4.78 is 18.0. The molecule has 2 aromatic rings. The maximum atomic E-state index is 13.3. The van der Waals surface area contributed by atoms with E-state index in [0.29, 0.717) is 17.3 Å². The molecule has 1 aromatic heterocycles. The predicted molar refractivity (Wildman–Crippen MR) is 75.6 cm³/mol. The van der Waals surface area contributed by atoms with Crippen molar-refractivity contribution < 1.29 is 18.8 Å². The molecule has 0 spiro atoms. The van der Waals surface area contributed by atoms with Gasteiger partial charge < -0.3 is 20.3 Å². The van der Waals surface area contributed by atoms with Crippen LogP contribution in [0.15, 0.2) is 22.7 Å². The van der Waals surface area contributed by atoms with Gasteiger partial charge in [0, 0.05) is 13.5 Å². The number of hydrogen-bond acceptors (Lipinski definition) is 5. The van der Waals surface area contributed by atoms with Crippen molar-refractivity contribution in [2.45, 2.75) is 19.6 Å². The molecule has 22 heavy (non-hydrogen) atoms. The van der Waals surface area contributed by atoms with E-state index in [2.05, 4.69) is 20.8 Å². The molecule has 1 heterocycles. The lowest BCUT2D eigenvalue weighted by atomic mass is 10.1. The Bertz CT molecular complexity index is 664. The molecular weight excluding hydrogens is 315 g/mol. The summed E-state index contributed by atoms with van der Waals surface area (Å²) in [7, 11) is 0.